The minimum atomic E-state index is -4.27. The topological polar surface area (TPSA) is 25.8 Å². The van der Waals surface area contributed by atoms with Gasteiger partial charge >= 0.3 is 5.51 Å². The molecule has 2 nitrogen and oxygen atoms in total. The summed E-state index contributed by atoms with van der Waals surface area (Å²) in [5.41, 5.74) is -4.27. The highest BCUT2D eigenvalue weighted by molar-refractivity contribution is 8.00. The second-order valence-corrected chi connectivity index (χ2v) is 3.15. The Labute approximate surface area is 85.0 Å². The zero-order valence-electron chi connectivity index (χ0n) is 8.09. The first-order valence-electron chi connectivity index (χ1n) is 4.02. The third kappa shape index (κ3) is 5.80. The molecule has 0 saturated heterocycles. The van der Waals surface area contributed by atoms with E-state index >= 15 is 0 Å². The normalized spacial score (nSPS) is 10.4. The van der Waals surface area contributed by atoms with E-state index in [4.69, 9.17) is 0 Å². The molecular formula is C8H11F3N2S. The van der Waals surface area contributed by atoms with E-state index in [9.17, 15) is 13.2 Å². The van der Waals surface area contributed by atoms with Crippen molar-refractivity contribution in [3.63, 3.8) is 0 Å². The van der Waals surface area contributed by atoms with Crippen molar-refractivity contribution >= 4 is 11.8 Å². The predicted molar refractivity (Wildman–Crippen MR) is 50.0 cm³/mol. The molecular weight excluding hydrogens is 213 g/mol. The number of rotatable bonds is 1. The zero-order valence-corrected chi connectivity index (χ0v) is 8.91. The minimum absolute atomic E-state index is 0.00750. The number of nitrogens with zero attached hydrogens (tertiary/aromatic N) is 2. The van der Waals surface area contributed by atoms with Gasteiger partial charge in [0.25, 0.3) is 0 Å². The summed E-state index contributed by atoms with van der Waals surface area (Å²) in [7, 11) is 0. The third-order valence-electron chi connectivity index (χ3n) is 0.991. The van der Waals surface area contributed by atoms with Crippen LogP contribution >= 0.6 is 11.8 Å². The van der Waals surface area contributed by atoms with Crippen LogP contribution in [0.5, 0.6) is 0 Å². The van der Waals surface area contributed by atoms with E-state index in [0.717, 1.165) is 12.4 Å². The number of alkyl halides is 3. The van der Waals surface area contributed by atoms with Crippen LogP contribution in [0.3, 0.4) is 0 Å². The van der Waals surface area contributed by atoms with Crippen LogP contribution in [-0.2, 0) is 0 Å². The maximum Gasteiger partial charge on any atom is 0.446 e. The first-order valence-corrected chi connectivity index (χ1v) is 4.83. The molecule has 1 rings (SSSR count). The molecule has 0 aliphatic heterocycles. The molecule has 0 aliphatic carbocycles. The maximum absolute atomic E-state index is 11.7. The van der Waals surface area contributed by atoms with Crippen molar-refractivity contribution in [2.24, 2.45) is 0 Å². The van der Waals surface area contributed by atoms with Crippen molar-refractivity contribution in [3.8, 4) is 0 Å². The lowest BCUT2D eigenvalue weighted by Crippen LogP contribution is -1.99. The van der Waals surface area contributed by atoms with Gasteiger partial charge in [0.2, 0.25) is 0 Å². The standard InChI is InChI=1S/C6H5F3N2S.C2H6/c1-4-10-2-5(3-11-4)12-6(7,8)9;1-2/h2-3H,1H3;1-2H3. The highest BCUT2D eigenvalue weighted by Gasteiger charge is 2.29. The van der Waals surface area contributed by atoms with Gasteiger partial charge in [0.1, 0.15) is 5.82 Å². The van der Waals surface area contributed by atoms with E-state index in [1.807, 2.05) is 13.8 Å². The van der Waals surface area contributed by atoms with Gasteiger partial charge < -0.3 is 0 Å². The van der Waals surface area contributed by atoms with Gasteiger partial charge in [0.15, 0.2) is 0 Å². The molecule has 0 atom stereocenters. The molecule has 14 heavy (non-hydrogen) atoms. The first-order chi connectivity index (χ1) is 6.47. The predicted octanol–water partition coefficient (Wildman–Crippen LogP) is 3.42. The van der Waals surface area contributed by atoms with Gasteiger partial charge in [0.05, 0.1) is 4.90 Å². The molecule has 0 amide bonds. The summed E-state index contributed by atoms with van der Waals surface area (Å²) >= 11 is -0.216. The van der Waals surface area contributed by atoms with Crippen LogP contribution in [0, 0.1) is 6.92 Å². The van der Waals surface area contributed by atoms with E-state index in [2.05, 4.69) is 9.97 Å². The average Bonchev–Trinajstić information content (AvgIpc) is 2.10. The second-order valence-electron chi connectivity index (χ2n) is 2.01. The fourth-order valence-corrected chi connectivity index (χ4v) is 1.05. The Hall–Kier alpha value is -0.780. The number of hydrogen-bond acceptors (Lipinski definition) is 3. The largest absolute Gasteiger partial charge is 0.446 e. The molecule has 0 fully saturated rings. The lowest BCUT2D eigenvalue weighted by molar-refractivity contribution is -0.0328. The van der Waals surface area contributed by atoms with Gasteiger partial charge in [-0.25, -0.2) is 9.97 Å². The molecule has 0 aromatic carbocycles. The average molecular weight is 224 g/mol. The molecule has 1 heterocycles. The number of halogens is 3. The van der Waals surface area contributed by atoms with Gasteiger partial charge in [-0.1, -0.05) is 13.8 Å². The zero-order chi connectivity index (χ0) is 11.2. The fourth-order valence-electron chi connectivity index (χ4n) is 0.567. The van der Waals surface area contributed by atoms with Gasteiger partial charge in [-0.15, -0.1) is 0 Å². The number of thioether (sulfide) groups is 1. The van der Waals surface area contributed by atoms with Crippen LogP contribution in [0.1, 0.15) is 19.7 Å². The van der Waals surface area contributed by atoms with Crippen molar-refractivity contribution < 1.29 is 13.2 Å². The monoisotopic (exact) mass is 224 g/mol. The molecule has 6 heteroatoms. The molecule has 0 radical (unpaired) electrons. The smallest absolute Gasteiger partial charge is 0.241 e. The molecule has 0 unspecified atom stereocenters. The van der Waals surface area contributed by atoms with Crippen LogP contribution < -0.4 is 0 Å². The van der Waals surface area contributed by atoms with Crippen molar-refractivity contribution in [1.82, 2.24) is 9.97 Å². The van der Waals surface area contributed by atoms with E-state index in [1.54, 1.807) is 6.92 Å². The minimum Gasteiger partial charge on any atom is -0.241 e. The summed E-state index contributed by atoms with van der Waals surface area (Å²) in [6.07, 6.45) is 2.31. The van der Waals surface area contributed by atoms with E-state index < -0.39 is 5.51 Å². The summed E-state index contributed by atoms with van der Waals surface area (Å²) in [6, 6.07) is 0. The molecule has 0 spiro atoms. The van der Waals surface area contributed by atoms with Crippen LogP contribution in [0.2, 0.25) is 0 Å². The Morgan fingerprint density at radius 3 is 1.93 bits per heavy atom. The van der Waals surface area contributed by atoms with Crippen LogP contribution in [0.25, 0.3) is 0 Å². The fraction of sp³-hybridized carbons (Fsp3) is 0.500. The summed E-state index contributed by atoms with van der Waals surface area (Å²) in [5.74, 6) is 0.460. The number of aromatic nitrogens is 2. The van der Waals surface area contributed by atoms with Crippen molar-refractivity contribution in [2.45, 2.75) is 31.2 Å². The SMILES string of the molecule is CC.Cc1ncc(SC(F)(F)F)cn1. The maximum atomic E-state index is 11.7. The van der Waals surface area contributed by atoms with E-state index in [1.165, 1.54) is 0 Å². The molecule has 0 N–H and O–H groups in total. The Morgan fingerprint density at radius 1 is 1.14 bits per heavy atom. The molecule has 1 aromatic rings. The van der Waals surface area contributed by atoms with Gasteiger partial charge in [-0.05, 0) is 18.7 Å². The van der Waals surface area contributed by atoms with Crippen molar-refractivity contribution in [1.29, 1.82) is 0 Å². The van der Waals surface area contributed by atoms with Gasteiger partial charge in [-0.2, -0.15) is 13.2 Å². The Bertz CT molecular complexity index is 258. The molecule has 0 aliphatic rings. The lowest BCUT2D eigenvalue weighted by Gasteiger charge is -2.03. The second kappa shape index (κ2) is 5.85. The molecule has 0 saturated carbocycles. The van der Waals surface area contributed by atoms with Crippen molar-refractivity contribution in [2.75, 3.05) is 0 Å². The van der Waals surface area contributed by atoms with E-state index in [-0.39, 0.29) is 16.7 Å². The Kier molecular flexibility index (Phi) is 5.52. The third-order valence-corrected chi connectivity index (χ3v) is 1.67. The van der Waals surface area contributed by atoms with Crippen LogP contribution in [-0.4, -0.2) is 15.5 Å². The van der Waals surface area contributed by atoms with Gasteiger partial charge in [0, 0.05) is 12.4 Å². The van der Waals surface area contributed by atoms with Gasteiger partial charge in [-0.3, -0.25) is 0 Å². The summed E-state index contributed by atoms with van der Waals surface area (Å²) in [6.45, 7) is 5.61. The highest BCUT2D eigenvalue weighted by Crippen LogP contribution is 2.35. The van der Waals surface area contributed by atoms with E-state index in [0.29, 0.717) is 5.82 Å². The van der Waals surface area contributed by atoms with Crippen molar-refractivity contribution in [3.05, 3.63) is 18.2 Å². The molecule has 0 bridgehead atoms. The molecule has 80 valence electrons. The summed E-state index contributed by atoms with van der Waals surface area (Å²) in [4.78, 5) is 7.27. The Morgan fingerprint density at radius 2 is 1.57 bits per heavy atom. The first kappa shape index (κ1) is 13.2. The number of hydrogen-bond donors (Lipinski definition) is 0. The van der Waals surface area contributed by atoms with Crippen LogP contribution in [0.4, 0.5) is 13.2 Å². The van der Waals surface area contributed by atoms with Crippen LogP contribution in [0.15, 0.2) is 17.3 Å². The molecule has 1 aromatic heterocycles. The number of aryl methyl sites for hydroxylation is 1. The summed E-state index contributed by atoms with van der Waals surface area (Å²) in [5, 5.41) is 0. The highest BCUT2D eigenvalue weighted by atomic mass is 32.2. The summed E-state index contributed by atoms with van der Waals surface area (Å²) < 4.78 is 35.2. The Balaban J connectivity index is 0.000000791. The quantitative estimate of drug-likeness (QED) is 0.683. The lowest BCUT2D eigenvalue weighted by atomic mass is 10.6.